The molecule has 2 atom stereocenters. The second-order valence-electron chi connectivity index (χ2n) is 6.41. The van der Waals surface area contributed by atoms with Crippen LogP contribution in [0.3, 0.4) is 0 Å². The average molecular weight is 593 g/mol. The molecule has 2 aliphatic heterocycles. The fraction of sp³-hybridized carbons (Fsp3) is 0.312. The normalized spacial score (nSPS) is 20.4. The van der Waals surface area contributed by atoms with E-state index in [0.717, 1.165) is 11.3 Å². The lowest BCUT2D eigenvalue weighted by Gasteiger charge is -2.49. The summed E-state index contributed by atoms with van der Waals surface area (Å²) in [6.07, 6.45) is 0. The Bertz CT molecular complexity index is 1170. The van der Waals surface area contributed by atoms with Crippen molar-refractivity contribution in [2.45, 2.75) is 15.8 Å². The van der Waals surface area contributed by atoms with Gasteiger partial charge in [0.15, 0.2) is 15.2 Å². The molecule has 0 spiro atoms. The molecule has 4 N–H and O–H groups in total. The minimum atomic E-state index is -1.20. The van der Waals surface area contributed by atoms with E-state index >= 15 is 0 Å². The Labute approximate surface area is 211 Å². The van der Waals surface area contributed by atoms with Crippen LogP contribution in [0.4, 0.5) is 5.13 Å². The summed E-state index contributed by atoms with van der Waals surface area (Å²) in [5, 5.41) is 23.5. The van der Waals surface area contributed by atoms with Gasteiger partial charge in [-0.1, -0.05) is 39.6 Å². The molecule has 33 heavy (non-hydrogen) atoms. The molecule has 2 amide bonds. The first kappa shape index (κ1) is 23.9. The van der Waals surface area contributed by atoms with Crippen molar-refractivity contribution >= 4 is 90.8 Å². The SMILES string of the molecule is CON=C(C(=O)NC1C(=O)N2C(C(=O)O)=C(CSc3nncs3)CS[C@H]12)c1nc(N)sc1Br. The van der Waals surface area contributed by atoms with Crippen LogP contribution < -0.4 is 11.1 Å². The largest absolute Gasteiger partial charge is 0.477 e. The summed E-state index contributed by atoms with van der Waals surface area (Å²) in [6, 6.07) is -0.925. The van der Waals surface area contributed by atoms with E-state index < -0.39 is 29.2 Å². The van der Waals surface area contributed by atoms with Crippen molar-refractivity contribution < 1.29 is 24.3 Å². The number of carboxylic acid groups (broad SMARTS) is 1. The minimum Gasteiger partial charge on any atom is -0.477 e. The number of carbonyl (C=O) groups excluding carboxylic acids is 2. The van der Waals surface area contributed by atoms with E-state index in [1.54, 1.807) is 5.51 Å². The van der Waals surface area contributed by atoms with Crippen LogP contribution in [0.1, 0.15) is 5.69 Å². The Balaban J connectivity index is 1.51. The molecule has 1 fully saturated rings. The minimum absolute atomic E-state index is 0.0629. The molecule has 12 nitrogen and oxygen atoms in total. The Morgan fingerprint density at radius 3 is 2.91 bits per heavy atom. The number of carbonyl (C=O) groups is 3. The molecule has 174 valence electrons. The van der Waals surface area contributed by atoms with Crippen LogP contribution in [-0.2, 0) is 19.2 Å². The van der Waals surface area contributed by atoms with Crippen LogP contribution in [0.2, 0.25) is 0 Å². The summed E-state index contributed by atoms with van der Waals surface area (Å²) in [5.74, 6) is -1.66. The van der Waals surface area contributed by atoms with Gasteiger partial charge in [0.05, 0.1) is 0 Å². The molecule has 2 aromatic heterocycles. The van der Waals surface area contributed by atoms with Crippen molar-refractivity contribution in [2.75, 3.05) is 24.3 Å². The number of oxime groups is 1. The van der Waals surface area contributed by atoms with E-state index in [0.29, 0.717) is 25.2 Å². The number of halogens is 1. The maximum atomic E-state index is 12.9. The smallest absolute Gasteiger partial charge is 0.352 e. The van der Waals surface area contributed by atoms with Gasteiger partial charge in [-0.3, -0.25) is 14.5 Å². The molecule has 0 saturated carbocycles. The molecular formula is C16H14BrN7O5S4. The van der Waals surface area contributed by atoms with E-state index in [-0.39, 0.29) is 22.2 Å². The number of nitrogens with two attached hydrogens (primary N) is 1. The lowest BCUT2D eigenvalue weighted by Crippen LogP contribution is -2.71. The molecule has 0 aliphatic carbocycles. The van der Waals surface area contributed by atoms with E-state index in [9.17, 15) is 19.5 Å². The predicted molar refractivity (Wildman–Crippen MR) is 128 cm³/mol. The van der Waals surface area contributed by atoms with Gasteiger partial charge in [-0.25, -0.2) is 9.78 Å². The average Bonchev–Trinajstić information content (AvgIpc) is 3.42. The Morgan fingerprint density at radius 2 is 2.30 bits per heavy atom. The molecular weight excluding hydrogens is 578 g/mol. The number of amides is 2. The van der Waals surface area contributed by atoms with Crippen molar-refractivity contribution in [2.24, 2.45) is 5.16 Å². The summed E-state index contributed by atoms with van der Waals surface area (Å²) >= 11 is 8.47. The topological polar surface area (TPSA) is 173 Å². The third-order valence-corrected chi connectivity index (χ3v) is 9.29. The molecule has 2 aliphatic rings. The summed E-state index contributed by atoms with van der Waals surface area (Å²) in [7, 11) is 1.27. The lowest BCUT2D eigenvalue weighted by molar-refractivity contribution is -0.150. The van der Waals surface area contributed by atoms with Gasteiger partial charge in [0.25, 0.3) is 11.8 Å². The van der Waals surface area contributed by atoms with Crippen molar-refractivity contribution in [3.05, 3.63) is 26.3 Å². The van der Waals surface area contributed by atoms with Crippen LogP contribution in [0.5, 0.6) is 0 Å². The molecule has 4 heterocycles. The summed E-state index contributed by atoms with van der Waals surface area (Å²) in [4.78, 5) is 47.8. The van der Waals surface area contributed by atoms with Gasteiger partial charge in [-0.05, 0) is 21.5 Å². The van der Waals surface area contributed by atoms with Gasteiger partial charge in [-0.15, -0.1) is 22.0 Å². The number of thiazole rings is 1. The number of hydrogen-bond donors (Lipinski definition) is 3. The van der Waals surface area contributed by atoms with Gasteiger partial charge < -0.3 is 21.0 Å². The Morgan fingerprint density at radius 1 is 1.52 bits per heavy atom. The summed E-state index contributed by atoms with van der Waals surface area (Å²) in [5.41, 5.74) is 7.84. The van der Waals surface area contributed by atoms with Gasteiger partial charge in [0.1, 0.15) is 39.2 Å². The first-order valence-corrected chi connectivity index (χ1v) is 13.5. The number of aromatic nitrogens is 3. The van der Waals surface area contributed by atoms with Gasteiger partial charge >= 0.3 is 5.97 Å². The number of rotatable bonds is 8. The monoisotopic (exact) mass is 591 g/mol. The molecule has 0 radical (unpaired) electrons. The van der Waals surface area contributed by atoms with Gasteiger partial charge in [0.2, 0.25) is 0 Å². The summed E-state index contributed by atoms with van der Waals surface area (Å²) < 4.78 is 1.19. The fourth-order valence-corrected chi connectivity index (χ4v) is 7.43. The third-order valence-electron chi connectivity index (χ3n) is 4.47. The second-order valence-corrected chi connectivity index (χ2v) is 11.9. The number of carboxylic acids is 1. The molecule has 17 heteroatoms. The highest BCUT2D eigenvalue weighted by atomic mass is 79.9. The molecule has 0 bridgehead atoms. The van der Waals surface area contributed by atoms with Crippen molar-refractivity contribution in [1.29, 1.82) is 0 Å². The second kappa shape index (κ2) is 9.96. The Kier molecular flexibility index (Phi) is 7.22. The molecule has 4 rings (SSSR count). The highest BCUT2D eigenvalue weighted by Crippen LogP contribution is 2.41. The maximum absolute atomic E-state index is 12.9. The third kappa shape index (κ3) is 4.72. The quantitative estimate of drug-likeness (QED) is 0.174. The van der Waals surface area contributed by atoms with Crippen LogP contribution in [0.15, 0.2) is 30.1 Å². The van der Waals surface area contributed by atoms with Crippen LogP contribution in [0.25, 0.3) is 0 Å². The first-order valence-electron chi connectivity index (χ1n) is 8.95. The fourth-order valence-electron chi connectivity index (χ4n) is 3.13. The predicted octanol–water partition coefficient (Wildman–Crippen LogP) is 1.22. The van der Waals surface area contributed by atoms with Crippen LogP contribution >= 0.6 is 62.1 Å². The number of nitrogen functional groups attached to an aromatic ring is 1. The van der Waals surface area contributed by atoms with Gasteiger partial charge in [0, 0.05) is 11.5 Å². The number of aliphatic carboxylic acids is 1. The molecule has 1 unspecified atom stereocenters. The number of fused-ring (bicyclic) bond motifs is 1. The number of nitrogens with zero attached hydrogens (tertiary/aromatic N) is 5. The standard InChI is InChI=1S/C16H14BrN7O5S4/c1-29-23-7(6-10(17)33-15(18)21-6)11(25)20-8-12(26)24-9(14(27)28)5(2-30-13(8)24)3-31-16-22-19-4-32-16/h4,8,13H,2-3H2,1H3,(H2,18,21)(H,20,25)(H,27,28)/t8?,13-/m1/s1. The molecule has 2 aromatic rings. The number of anilines is 1. The number of hydrogen-bond acceptors (Lipinski definition) is 13. The van der Waals surface area contributed by atoms with Crippen LogP contribution in [-0.4, -0.2) is 78.7 Å². The zero-order valence-electron chi connectivity index (χ0n) is 16.6. The number of nitrogens with one attached hydrogen (secondary N) is 1. The van der Waals surface area contributed by atoms with E-state index in [2.05, 4.69) is 41.6 Å². The lowest BCUT2D eigenvalue weighted by atomic mass is 10.0. The zero-order valence-corrected chi connectivity index (χ0v) is 21.4. The van der Waals surface area contributed by atoms with Crippen molar-refractivity contribution in [1.82, 2.24) is 25.4 Å². The molecule has 1 saturated heterocycles. The highest BCUT2D eigenvalue weighted by Gasteiger charge is 2.54. The highest BCUT2D eigenvalue weighted by molar-refractivity contribution is 9.11. The zero-order chi connectivity index (χ0) is 23.7. The van der Waals surface area contributed by atoms with E-state index in [4.69, 9.17) is 10.6 Å². The number of β-lactam (4-membered cyclic amide) rings is 1. The van der Waals surface area contributed by atoms with Crippen molar-refractivity contribution in [3.63, 3.8) is 0 Å². The van der Waals surface area contributed by atoms with Gasteiger partial charge in [-0.2, -0.15) is 0 Å². The first-order chi connectivity index (χ1) is 15.8. The molecule has 0 aromatic carbocycles. The van der Waals surface area contributed by atoms with E-state index in [1.165, 1.54) is 46.9 Å². The summed E-state index contributed by atoms with van der Waals surface area (Å²) in [6.45, 7) is 0. The number of thioether (sulfide) groups is 2. The van der Waals surface area contributed by atoms with Crippen molar-refractivity contribution in [3.8, 4) is 0 Å². The Hall–Kier alpha value is -2.21. The maximum Gasteiger partial charge on any atom is 0.352 e. The van der Waals surface area contributed by atoms with Crippen LogP contribution in [0, 0.1) is 0 Å². The van der Waals surface area contributed by atoms with E-state index in [1.807, 2.05) is 0 Å².